The Morgan fingerprint density at radius 1 is 1.28 bits per heavy atom. The predicted molar refractivity (Wildman–Crippen MR) is 81.0 cm³/mol. The first-order valence-corrected chi connectivity index (χ1v) is 7.81. The maximum absolute atomic E-state index is 3.63. The zero-order valence-corrected chi connectivity index (χ0v) is 13.4. The third kappa shape index (κ3) is 5.27. The zero-order valence-electron chi connectivity index (χ0n) is 13.4. The Labute approximate surface area is 115 Å². The van der Waals surface area contributed by atoms with Crippen LogP contribution in [0.2, 0.25) is 0 Å². The second-order valence-corrected chi connectivity index (χ2v) is 7.09. The normalized spacial score (nSPS) is 21.3. The minimum Gasteiger partial charge on any atom is -0.314 e. The Kier molecular flexibility index (Phi) is 6.13. The molecule has 0 aromatic heterocycles. The molecule has 1 aliphatic rings. The number of hydrogen-bond donors (Lipinski definition) is 1. The summed E-state index contributed by atoms with van der Waals surface area (Å²) in [6, 6.07) is 1.35. The standard InChI is InChI=1S/C16H34N2/c1-7-10-16(5,11-17-13(2)3)12-18(6)14(4)15-8-9-15/h13-15,17H,7-12H2,1-6H3. The molecule has 1 fully saturated rings. The number of nitrogens with zero attached hydrogens (tertiary/aromatic N) is 1. The first-order valence-electron chi connectivity index (χ1n) is 7.81. The summed E-state index contributed by atoms with van der Waals surface area (Å²) < 4.78 is 0. The van der Waals surface area contributed by atoms with Gasteiger partial charge >= 0.3 is 0 Å². The third-order valence-corrected chi connectivity index (χ3v) is 4.42. The molecule has 0 heterocycles. The van der Waals surface area contributed by atoms with E-state index in [0.29, 0.717) is 11.5 Å². The van der Waals surface area contributed by atoms with E-state index in [1.54, 1.807) is 0 Å². The van der Waals surface area contributed by atoms with E-state index in [1.807, 2.05) is 0 Å². The van der Waals surface area contributed by atoms with Gasteiger partial charge in [-0.3, -0.25) is 0 Å². The van der Waals surface area contributed by atoms with Gasteiger partial charge < -0.3 is 10.2 Å². The largest absolute Gasteiger partial charge is 0.314 e. The van der Waals surface area contributed by atoms with Crippen LogP contribution in [0.5, 0.6) is 0 Å². The van der Waals surface area contributed by atoms with E-state index in [9.17, 15) is 0 Å². The summed E-state index contributed by atoms with van der Waals surface area (Å²) in [4.78, 5) is 2.59. The SMILES string of the molecule is CCCC(C)(CNC(C)C)CN(C)C(C)C1CC1. The molecule has 0 amide bonds. The van der Waals surface area contributed by atoms with Crippen LogP contribution in [0.15, 0.2) is 0 Å². The molecule has 0 spiro atoms. The Morgan fingerprint density at radius 3 is 2.33 bits per heavy atom. The van der Waals surface area contributed by atoms with E-state index in [0.717, 1.165) is 18.5 Å². The van der Waals surface area contributed by atoms with E-state index in [1.165, 1.54) is 32.2 Å². The molecule has 0 saturated heterocycles. The van der Waals surface area contributed by atoms with Gasteiger partial charge in [0.25, 0.3) is 0 Å². The lowest BCUT2D eigenvalue weighted by Gasteiger charge is -2.37. The highest BCUT2D eigenvalue weighted by atomic mass is 15.1. The lowest BCUT2D eigenvalue weighted by atomic mass is 9.84. The van der Waals surface area contributed by atoms with Crippen LogP contribution >= 0.6 is 0 Å². The van der Waals surface area contributed by atoms with Crippen molar-refractivity contribution in [1.29, 1.82) is 0 Å². The van der Waals surface area contributed by atoms with Crippen LogP contribution in [0, 0.1) is 11.3 Å². The molecule has 18 heavy (non-hydrogen) atoms. The molecule has 0 bridgehead atoms. The van der Waals surface area contributed by atoms with Gasteiger partial charge in [-0.1, -0.05) is 34.1 Å². The second-order valence-electron chi connectivity index (χ2n) is 7.09. The minimum atomic E-state index is 0.414. The Bertz CT molecular complexity index is 235. The Morgan fingerprint density at radius 2 is 1.89 bits per heavy atom. The van der Waals surface area contributed by atoms with Crippen LogP contribution in [0.3, 0.4) is 0 Å². The van der Waals surface area contributed by atoms with E-state index in [-0.39, 0.29) is 0 Å². The molecule has 2 unspecified atom stereocenters. The van der Waals surface area contributed by atoms with Gasteiger partial charge in [-0.25, -0.2) is 0 Å². The highest BCUT2D eigenvalue weighted by Crippen LogP contribution is 2.36. The van der Waals surface area contributed by atoms with Gasteiger partial charge in [0.2, 0.25) is 0 Å². The topological polar surface area (TPSA) is 15.3 Å². The molecule has 0 aliphatic heterocycles. The average Bonchev–Trinajstić information content (AvgIpc) is 3.09. The van der Waals surface area contributed by atoms with E-state index in [2.05, 4.69) is 51.9 Å². The molecule has 1 N–H and O–H groups in total. The van der Waals surface area contributed by atoms with E-state index >= 15 is 0 Å². The fourth-order valence-electron chi connectivity index (χ4n) is 2.96. The molecule has 0 radical (unpaired) electrons. The first kappa shape index (κ1) is 16.0. The van der Waals surface area contributed by atoms with Crippen molar-refractivity contribution in [2.75, 3.05) is 20.1 Å². The van der Waals surface area contributed by atoms with Gasteiger partial charge in [0.1, 0.15) is 0 Å². The minimum absolute atomic E-state index is 0.414. The first-order chi connectivity index (χ1) is 8.38. The Hall–Kier alpha value is -0.0800. The molecule has 0 aromatic carbocycles. The highest BCUT2D eigenvalue weighted by Gasteiger charge is 2.33. The van der Waals surface area contributed by atoms with Crippen molar-refractivity contribution in [3.05, 3.63) is 0 Å². The van der Waals surface area contributed by atoms with Crippen molar-refractivity contribution in [1.82, 2.24) is 10.2 Å². The maximum Gasteiger partial charge on any atom is 0.00923 e. The van der Waals surface area contributed by atoms with E-state index < -0.39 is 0 Å². The van der Waals surface area contributed by atoms with Gasteiger partial charge in [-0.05, 0) is 44.6 Å². The monoisotopic (exact) mass is 254 g/mol. The van der Waals surface area contributed by atoms with Gasteiger partial charge in [-0.2, -0.15) is 0 Å². The summed E-state index contributed by atoms with van der Waals surface area (Å²) in [5.74, 6) is 0.971. The summed E-state index contributed by atoms with van der Waals surface area (Å²) >= 11 is 0. The molecule has 0 aromatic rings. The van der Waals surface area contributed by atoms with Gasteiger partial charge in [0.05, 0.1) is 0 Å². The zero-order chi connectivity index (χ0) is 13.8. The van der Waals surface area contributed by atoms with Crippen LogP contribution in [-0.4, -0.2) is 37.1 Å². The fourth-order valence-corrected chi connectivity index (χ4v) is 2.96. The number of nitrogens with one attached hydrogen (secondary N) is 1. The Balaban J connectivity index is 2.48. The van der Waals surface area contributed by atoms with Crippen LogP contribution < -0.4 is 5.32 Å². The van der Waals surface area contributed by atoms with Crippen LogP contribution in [0.1, 0.15) is 60.3 Å². The molecule has 2 heteroatoms. The smallest absolute Gasteiger partial charge is 0.00923 e. The maximum atomic E-state index is 3.63. The molecule has 1 aliphatic carbocycles. The van der Waals surface area contributed by atoms with Gasteiger partial charge in [0.15, 0.2) is 0 Å². The quantitative estimate of drug-likeness (QED) is 0.677. The van der Waals surface area contributed by atoms with Crippen molar-refractivity contribution in [3.8, 4) is 0 Å². The molecule has 2 nitrogen and oxygen atoms in total. The van der Waals surface area contributed by atoms with Crippen LogP contribution in [-0.2, 0) is 0 Å². The summed E-state index contributed by atoms with van der Waals surface area (Å²) in [6.45, 7) is 14.0. The average molecular weight is 254 g/mol. The van der Waals surface area contributed by atoms with Crippen molar-refractivity contribution < 1.29 is 0 Å². The van der Waals surface area contributed by atoms with Crippen LogP contribution in [0.4, 0.5) is 0 Å². The number of hydrogen-bond acceptors (Lipinski definition) is 2. The lowest BCUT2D eigenvalue weighted by Crippen LogP contribution is -2.45. The lowest BCUT2D eigenvalue weighted by molar-refractivity contribution is 0.130. The summed E-state index contributed by atoms with van der Waals surface area (Å²) in [7, 11) is 2.31. The van der Waals surface area contributed by atoms with Gasteiger partial charge in [0, 0.05) is 25.2 Å². The van der Waals surface area contributed by atoms with Crippen molar-refractivity contribution in [2.24, 2.45) is 11.3 Å². The molecule has 1 saturated carbocycles. The van der Waals surface area contributed by atoms with Crippen LogP contribution in [0.25, 0.3) is 0 Å². The number of rotatable bonds is 9. The van der Waals surface area contributed by atoms with Crippen molar-refractivity contribution in [2.45, 2.75) is 72.4 Å². The van der Waals surface area contributed by atoms with Crippen molar-refractivity contribution >= 4 is 0 Å². The highest BCUT2D eigenvalue weighted by molar-refractivity contribution is 4.88. The molecule has 1 rings (SSSR count). The predicted octanol–water partition coefficient (Wildman–Crippen LogP) is 3.52. The second kappa shape index (κ2) is 6.91. The summed E-state index contributed by atoms with van der Waals surface area (Å²) in [5.41, 5.74) is 0.414. The summed E-state index contributed by atoms with van der Waals surface area (Å²) in [6.07, 6.45) is 5.48. The van der Waals surface area contributed by atoms with Gasteiger partial charge in [-0.15, -0.1) is 0 Å². The van der Waals surface area contributed by atoms with E-state index in [4.69, 9.17) is 0 Å². The summed E-state index contributed by atoms with van der Waals surface area (Å²) in [5, 5.41) is 3.63. The fraction of sp³-hybridized carbons (Fsp3) is 1.00. The van der Waals surface area contributed by atoms with Crippen molar-refractivity contribution in [3.63, 3.8) is 0 Å². The molecular weight excluding hydrogens is 220 g/mol. The molecule has 2 atom stereocenters. The third-order valence-electron chi connectivity index (χ3n) is 4.42. The molecular formula is C16H34N2. The molecule has 108 valence electrons.